The van der Waals surface area contributed by atoms with Gasteiger partial charge in [0.1, 0.15) is 11.0 Å². The summed E-state index contributed by atoms with van der Waals surface area (Å²) in [5.74, 6) is 0.283. The Hall–Kier alpha value is -1.94. The molecule has 1 heterocycles. The van der Waals surface area contributed by atoms with E-state index in [1.165, 1.54) is 11.8 Å². The highest BCUT2D eigenvalue weighted by Gasteiger charge is 2.34. The lowest BCUT2D eigenvalue weighted by molar-refractivity contribution is -0.126. The minimum Gasteiger partial charge on any atom is -0.507 e. The first-order chi connectivity index (χ1) is 9.99. The summed E-state index contributed by atoms with van der Waals surface area (Å²) in [6.07, 6.45) is 4.61. The lowest BCUT2D eigenvalue weighted by atomic mass is 9.97. The van der Waals surface area contributed by atoms with E-state index in [9.17, 15) is 9.90 Å². The number of thioether (sulfide) groups is 1. The number of carbonyl (C=O) groups excluding carboxylic acids is 1. The molecule has 1 fully saturated rings. The Balaban J connectivity index is 2.48. The van der Waals surface area contributed by atoms with Crippen LogP contribution in [-0.4, -0.2) is 23.0 Å². The number of hydrogen-bond donors (Lipinski definition) is 1. The van der Waals surface area contributed by atoms with E-state index in [4.69, 9.17) is 0 Å². The van der Waals surface area contributed by atoms with E-state index in [2.05, 4.69) is 19.7 Å². The first kappa shape index (κ1) is 15.4. The van der Waals surface area contributed by atoms with Crippen molar-refractivity contribution in [3.8, 4) is 5.75 Å². The number of carbonyl (C=O) groups is 1. The van der Waals surface area contributed by atoms with Crippen LogP contribution in [0.3, 0.4) is 0 Å². The van der Waals surface area contributed by atoms with Crippen molar-refractivity contribution in [3.05, 3.63) is 65.7 Å². The monoisotopic (exact) mass is 301 g/mol. The van der Waals surface area contributed by atoms with Gasteiger partial charge in [-0.1, -0.05) is 42.6 Å². The molecule has 0 bridgehead atoms. The summed E-state index contributed by atoms with van der Waals surface area (Å²) in [5.41, 5.74) is 2.46. The molecule has 0 aromatic heterocycles. The van der Waals surface area contributed by atoms with Crippen LogP contribution < -0.4 is 0 Å². The number of likely N-dealkylation sites (N-methyl/N-ethyl adjacent to an activating group) is 1. The zero-order valence-electron chi connectivity index (χ0n) is 12.1. The number of aromatic hydroxyl groups is 1. The molecule has 110 valence electrons. The molecule has 0 aliphatic carbocycles. The van der Waals surface area contributed by atoms with Crippen molar-refractivity contribution in [2.75, 3.05) is 7.05 Å². The normalized spacial score (nSPS) is 18.1. The fraction of sp³-hybridized carbons (Fsp3) is 0.235. The van der Waals surface area contributed by atoms with Crippen molar-refractivity contribution in [2.24, 2.45) is 0 Å². The Morgan fingerprint density at radius 1 is 1.29 bits per heavy atom. The van der Waals surface area contributed by atoms with Gasteiger partial charge in [-0.05, 0) is 29.5 Å². The molecule has 1 aromatic rings. The highest BCUT2D eigenvalue weighted by Crippen LogP contribution is 2.44. The van der Waals surface area contributed by atoms with Crippen molar-refractivity contribution in [1.29, 1.82) is 0 Å². The van der Waals surface area contributed by atoms with Gasteiger partial charge >= 0.3 is 0 Å². The Bertz CT molecular complexity index is 590. The zero-order valence-corrected chi connectivity index (χ0v) is 12.9. The molecule has 1 atom stereocenters. The summed E-state index contributed by atoms with van der Waals surface area (Å²) in [4.78, 5) is 13.9. The molecule has 1 aromatic carbocycles. The van der Waals surface area contributed by atoms with Crippen LogP contribution in [0.4, 0.5) is 0 Å². The number of phenols is 1. The van der Waals surface area contributed by atoms with E-state index < -0.39 is 0 Å². The molecule has 1 saturated heterocycles. The van der Waals surface area contributed by atoms with Crippen LogP contribution in [0.5, 0.6) is 5.75 Å². The molecule has 21 heavy (non-hydrogen) atoms. The number of hydrogen-bond acceptors (Lipinski definition) is 3. The van der Waals surface area contributed by atoms with Crippen molar-refractivity contribution < 1.29 is 9.90 Å². The van der Waals surface area contributed by atoms with Gasteiger partial charge in [0.05, 0.1) is 5.03 Å². The van der Waals surface area contributed by atoms with Crippen LogP contribution in [0.1, 0.15) is 21.9 Å². The first-order valence-electron chi connectivity index (χ1n) is 6.69. The molecule has 1 aliphatic rings. The quantitative estimate of drug-likeness (QED) is 0.845. The van der Waals surface area contributed by atoms with Gasteiger partial charge in [0, 0.05) is 7.05 Å². The predicted octanol–water partition coefficient (Wildman–Crippen LogP) is 3.57. The third kappa shape index (κ3) is 2.90. The molecular formula is C17H19NO2S. The molecule has 0 spiro atoms. The molecule has 3 nitrogen and oxygen atoms in total. The van der Waals surface area contributed by atoms with Gasteiger partial charge in [-0.15, -0.1) is 13.2 Å². The lowest BCUT2D eigenvalue weighted by Crippen LogP contribution is -2.20. The van der Waals surface area contributed by atoms with Crippen LogP contribution in [0.25, 0.3) is 0 Å². The van der Waals surface area contributed by atoms with E-state index in [1.54, 1.807) is 24.1 Å². The number of nitrogens with zero attached hydrogens (tertiary/aromatic N) is 1. The fourth-order valence-electron chi connectivity index (χ4n) is 2.34. The summed E-state index contributed by atoms with van der Waals surface area (Å²) in [7, 11) is 1.73. The van der Waals surface area contributed by atoms with Gasteiger partial charge in [-0.3, -0.25) is 4.79 Å². The second-order valence-electron chi connectivity index (χ2n) is 4.96. The maximum absolute atomic E-state index is 12.3. The molecule has 4 heteroatoms. The lowest BCUT2D eigenvalue weighted by Gasteiger charge is -2.14. The maximum Gasteiger partial charge on any atom is 0.245 e. The van der Waals surface area contributed by atoms with E-state index >= 15 is 0 Å². The molecule has 1 amide bonds. The fourth-order valence-corrected chi connectivity index (χ4v) is 3.39. The Labute approximate surface area is 129 Å². The minimum absolute atomic E-state index is 0.0183. The van der Waals surface area contributed by atoms with E-state index in [1.807, 2.05) is 12.1 Å². The van der Waals surface area contributed by atoms with E-state index in [0.717, 1.165) is 21.7 Å². The highest BCUT2D eigenvalue weighted by molar-refractivity contribution is 8.04. The number of allylic oxidation sites excluding steroid dienone is 2. The summed E-state index contributed by atoms with van der Waals surface area (Å²) < 4.78 is 0. The van der Waals surface area contributed by atoms with Gasteiger partial charge in [0.2, 0.25) is 5.91 Å². The second-order valence-corrected chi connectivity index (χ2v) is 6.14. The number of phenolic OH excluding ortho intramolecular Hbond substituents is 1. The SMILES string of the molecule is C=CCc1cc(C2SC(=C)N(C)C2=O)cc(CC=C)c1O. The van der Waals surface area contributed by atoms with E-state index in [0.29, 0.717) is 12.8 Å². The smallest absolute Gasteiger partial charge is 0.245 e. The second kappa shape index (κ2) is 6.22. The molecule has 1 unspecified atom stereocenters. The van der Waals surface area contributed by atoms with Gasteiger partial charge < -0.3 is 10.0 Å². The highest BCUT2D eigenvalue weighted by atomic mass is 32.2. The van der Waals surface area contributed by atoms with Gasteiger partial charge in [-0.25, -0.2) is 0 Å². The molecular weight excluding hydrogens is 282 g/mol. The van der Waals surface area contributed by atoms with Gasteiger partial charge in [-0.2, -0.15) is 0 Å². The summed E-state index contributed by atoms with van der Waals surface area (Å²) in [6.45, 7) is 11.3. The topological polar surface area (TPSA) is 40.5 Å². The van der Waals surface area contributed by atoms with Crippen LogP contribution >= 0.6 is 11.8 Å². The van der Waals surface area contributed by atoms with Gasteiger partial charge in [0.25, 0.3) is 0 Å². The zero-order chi connectivity index (χ0) is 15.6. The standard InChI is InChI=1S/C17H19NO2S/c1-5-7-12-9-14(10-13(8-6-2)15(12)19)16-17(20)18(4)11(3)21-16/h5-6,9-10,16,19H,1-3,7-8H2,4H3. The Morgan fingerprint density at radius 3 is 2.19 bits per heavy atom. The Kier molecular flexibility index (Phi) is 4.58. The molecule has 2 rings (SSSR count). The van der Waals surface area contributed by atoms with Crippen molar-refractivity contribution in [1.82, 2.24) is 4.90 Å². The van der Waals surface area contributed by atoms with Crippen LogP contribution in [-0.2, 0) is 17.6 Å². The minimum atomic E-state index is -0.296. The van der Waals surface area contributed by atoms with Crippen molar-refractivity contribution in [3.63, 3.8) is 0 Å². The first-order valence-corrected chi connectivity index (χ1v) is 7.57. The molecule has 1 aliphatic heterocycles. The van der Waals surface area contributed by atoms with Crippen molar-refractivity contribution in [2.45, 2.75) is 18.1 Å². The summed E-state index contributed by atoms with van der Waals surface area (Å²) >= 11 is 1.44. The average molecular weight is 301 g/mol. The number of amides is 1. The molecule has 0 radical (unpaired) electrons. The largest absolute Gasteiger partial charge is 0.507 e. The van der Waals surface area contributed by atoms with Crippen LogP contribution in [0.15, 0.2) is 49.1 Å². The van der Waals surface area contributed by atoms with Gasteiger partial charge in [0.15, 0.2) is 0 Å². The third-order valence-corrected chi connectivity index (χ3v) is 4.76. The van der Waals surface area contributed by atoms with E-state index in [-0.39, 0.29) is 16.9 Å². The molecule has 0 saturated carbocycles. The summed E-state index contributed by atoms with van der Waals surface area (Å²) in [6, 6.07) is 3.76. The summed E-state index contributed by atoms with van der Waals surface area (Å²) in [5, 5.41) is 10.7. The van der Waals surface area contributed by atoms with Crippen LogP contribution in [0.2, 0.25) is 0 Å². The average Bonchev–Trinajstić information content (AvgIpc) is 2.71. The molecule has 1 N–H and O–H groups in total. The Morgan fingerprint density at radius 2 is 1.81 bits per heavy atom. The predicted molar refractivity (Wildman–Crippen MR) is 88.2 cm³/mol. The van der Waals surface area contributed by atoms with Crippen LogP contribution in [0, 0.1) is 0 Å². The number of benzene rings is 1. The maximum atomic E-state index is 12.3. The number of rotatable bonds is 5. The van der Waals surface area contributed by atoms with Crippen molar-refractivity contribution >= 4 is 17.7 Å². The third-order valence-electron chi connectivity index (χ3n) is 3.50.